The van der Waals surface area contributed by atoms with Crippen LogP contribution in [0.2, 0.25) is 0 Å². The molecule has 0 saturated heterocycles. The number of ether oxygens (including phenoxy) is 2. The zero-order chi connectivity index (χ0) is 14.4. The molecule has 0 fully saturated rings. The Hall–Kier alpha value is -2.29. The average Bonchev–Trinajstić information content (AvgIpc) is 2.56. The zero-order valence-electron chi connectivity index (χ0n) is 11.8. The summed E-state index contributed by atoms with van der Waals surface area (Å²) in [6.07, 6.45) is 0. The second-order valence-corrected chi connectivity index (χ2v) is 4.05. The van der Waals surface area contributed by atoms with Crippen molar-refractivity contribution in [3.63, 3.8) is 0 Å². The first-order chi connectivity index (χ1) is 9.84. The summed E-state index contributed by atoms with van der Waals surface area (Å²) in [6, 6.07) is 14.5. The third-order valence-electron chi connectivity index (χ3n) is 2.84. The van der Waals surface area contributed by atoms with Crippen molar-refractivity contribution in [2.75, 3.05) is 13.2 Å². The monoisotopic (exact) mass is 270 g/mol. The SMILES string of the molecule is CC.O=C(c1ccccc1)c1ccc2c(c1)OCCO2. The van der Waals surface area contributed by atoms with Crippen LogP contribution in [0, 0.1) is 0 Å². The van der Waals surface area contributed by atoms with Gasteiger partial charge in [0.15, 0.2) is 17.3 Å². The van der Waals surface area contributed by atoms with Crippen molar-refractivity contribution in [1.82, 2.24) is 0 Å². The Labute approximate surface area is 119 Å². The average molecular weight is 270 g/mol. The van der Waals surface area contributed by atoms with E-state index in [-0.39, 0.29) is 5.78 Å². The van der Waals surface area contributed by atoms with Crippen LogP contribution in [0.3, 0.4) is 0 Å². The molecule has 0 radical (unpaired) electrons. The minimum Gasteiger partial charge on any atom is -0.486 e. The Morgan fingerprint density at radius 1 is 0.850 bits per heavy atom. The molecule has 3 nitrogen and oxygen atoms in total. The highest BCUT2D eigenvalue weighted by molar-refractivity contribution is 6.09. The standard InChI is InChI=1S/C15H12O3.C2H6/c16-15(11-4-2-1-3-5-11)12-6-7-13-14(10-12)18-9-8-17-13;1-2/h1-7,10H,8-9H2;1-2H3. The first-order valence-electron chi connectivity index (χ1n) is 6.84. The van der Waals surface area contributed by atoms with Gasteiger partial charge in [0.1, 0.15) is 13.2 Å². The van der Waals surface area contributed by atoms with E-state index in [0.29, 0.717) is 35.8 Å². The highest BCUT2D eigenvalue weighted by Crippen LogP contribution is 2.31. The molecule has 1 aliphatic rings. The van der Waals surface area contributed by atoms with E-state index in [1.54, 1.807) is 30.3 Å². The summed E-state index contributed by atoms with van der Waals surface area (Å²) >= 11 is 0. The van der Waals surface area contributed by atoms with Gasteiger partial charge in [0.2, 0.25) is 0 Å². The Morgan fingerprint density at radius 3 is 2.20 bits per heavy atom. The van der Waals surface area contributed by atoms with Gasteiger partial charge in [0.25, 0.3) is 0 Å². The van der Waals surface area contributed by atoms with Crippen molar-refractivity contribution < 1.29 is 14.3 Å². The highest BCUT2D eigenvalue weighted by Gasteiger charge is 2.15. The van der Waals surface area contributed by atoms with Gasteiger partial charge in [-0.15, -0.1) is 0 Å². The van der Waals surface area contributed by atoms with Crippen molar-refractivity contribution in [3.05, 3.63) is 59.7 Å². The molecule has 2 aromatic carbocycles. The molecular formula is C17H18O3. The molecule has 0 aliphatic carbocycles. The minimum absolute atomic E-state index is 0.00688. The zero-order valence-corrected chi connectivity index (χ0v) is 11.8. The molecule has 0 atom stereocenters. The maximum absolute atomic E-state index is 12.2. The van der Waals surface area contributed by atoms with Gasteiger partial charge in [0, 0.05) is 11.1 Å². The molecule has 104 valence electrons. The summed E-state index contributed by atoms with van der Waals surface area (Å²) in [4.78, 5) is 12.2. The number of rotatable bonds is 2. The van der Waals surface area contributed by atoms with Gasteiger partial charge in [-0.05, 0) is 18.2 Å². The van der Waals surface area contributed by atoms with Crippen molar-refractivity contribution in [2.45, 2.75) is 13.8 Å². The van der Waals surface area contributed by atoms with E-state index in [0.717, 1.165) is 0 Å². The molecule has 1 heterocycles. The summed E-state index contributed by atoms with van der Waals surface area (Å²) in [5.74, 6) is 1.33. The molecule has 0 unspecified atom stereocenters. The van der Waals surface area contributed by atoms with Crippen molar-refractivity contribution >= 4 is 5.78 Å². The van der Waals surface area contributed by atoms with E-state index in [4.69, 9.17) is 9.47 Å². The molecule has 0 aromatic heterocycles. The quantitative estimate of drug-likeness (QED) is 0.780. The van der Waals surface area contributed by atoms with Crippen molar-refractivity contribution in [3.8, 4) is 11.5 Å². The van der Waals surface area contributed by atoms with Crippen LogP contribution in [-0.2, 0) is 0 Å². The summed E-state index contributed by atoms with van der Waals surface area (Å²) in [6.45, 7) is 5.08. The molecule has 0 N–H and O–H groups in total. The largest absolute Gasteiger partial charge is 0.486 e. The van der Waals surface area contributed by atoms with E-state index < -0.39 is 0 Å². The lowest BCUT2D eigenvalue weighted by molar-refractivity contribution is 0.103. The maximum Gasteiger partial charge on any atom is 0.193 e. The van der Waals surface area contributed by atoms with Crippen LogP contribution < -0.4 is 9.47 Å². The number of carbonyl (C=O) groups excluding carboxylic acids is 1. The molecule has 0 spiro atoms. The van der Waals surface area contributed by atoms with Gasteiger partial charge >= 0.3 is 0 Å². The molecular weight excluding hydrogens is 252 g/mol. The van der Waals surface area contributed by atoms with E-state index in [9.17, 15) is 4.79 Å². The van der Waals surface area contributed by atoms with Crippen LogP contribution in [0.1, 0.15) is 29.8 Å². The fourth-order valence-electron chi connectivity index (χ4n) is 1.94. The molecule has 0 amide bonds. The summed E-state index contributed by atoms with van der Waals surface area (Å²) in [5.41, 5.74) is 1.29. The number of benzene rings is 2. The normalized spacial score (nSPS) is 12.1. The van der Waals surface area contributed by atoms with Gasteiger partial charge < -0.3 is 9.47 Å². The predicted molar refractivity (Wildman–Crippen MR) is 78.7 cm³/mol. The van der Waals surface area contributed by atoms with Gasteiger partial charge in [-0.3, -0.25) is 4.79 Å². The van der Waals surface area contributed by atoms with Gasteiger partial charge in [-0.1, -0.05) is 44.2 Å². The van der Waals surface area contributed by atoms with Gasteiger partial charge in [-0.2, -0.15) is 0 Å². The lowest BCUT2D eigenvalue weighted by Gasteiger charge is -2.18. The second kappa shape index (κ2) is 6.75. The smallest absolute Gasteiger partial charge is 0.193 e. The fourth-order valence-corrected chi connectivity index (χ4v) is 1.94. The third kappa shape index (κ3) is 2.99. The van der Waals surface area contributed by atoms with E-state index in [1.165, 1.54) is 0 Å². The first kappa shape index (κ1) is 14.1. The summed E-state index contributed by atoms with van der Waals surface area (Å²) < 4.78 is 10.9. The Kier molecular flexibility index (Phi) is 4.77. The Morgan fingerprint density at radius 2 is 1.50 bits per heavy atom. The van der Waals surface area contributed by atoms with Gasteiger partial charge in [-0.25, -0.2) is 0 Å². The van der Waals surface area contributed by atoms with Crippen LogP contribution in [0.4, 0.5) is 0 Å². The molecule has 3 heteroatoms. The van der Waals surface area contributed by atoms with E-state index in [2.05, 4.69) is 0 Å². The Balaban J connectivity index is 0.000000704. The summed E-state index contributed by atoms with van der Waals surface area (Å²) in [7, 11) is 0. The number of hydrogen-bond acceptors (Lipinski definition) is 3. The number of carbonyl (C=O) groups is 1. The maximum atomic E-state index is 12.2. The lowest BCUT2D eigenvalue weighted by Crippen LogP contribution is -2.15. The Bertz CT molecular complexity index is 576. The van der Waals surface area contributed by atoms with Crippen molar-refractivity contribution in [2.24, 2.45) is 0 Å². The molecule has 0 bridgehead atoms. The number of fused-ring (bicyclic) bond motifs is 1. The molecule has 1 aliphatic heterocycles. The molecule has 2 aromatic rings. The minimum atomic E-state index is -0.00688. The molecule has 0 saturated carbocycles. The van der Waals surface area contributed by atoms with Crippen LogP contribution in [-0.4, -0.2) is 19.0 Å². The number of ketones is 1. The van der Waals surface area contributed by atoms with Crippen LogP contribution in [0.5, 0.6) is 11.5 Å². The number of hydrogen-bond donors (Lipinski definition) is 0. The summed E-state index contributed by atoms with van der Waals surface area (Å²) in [5, 5.41) is 0. The first-order valence-corrected chi connectivity index (χ1v) is 6.84. The topological polar surface area (TPSA) is 35.5 Å². The molecule has 20 heavy (non-hydrogen) atoms. The van der Waals surface area contributed by atoms with Crippen LogP contribution in [0.15, 0.2) is 48.5 Å². The van der Waals surface area contributed by atoms with Crippen molar-refractivity contribution in [1.29, 1.82) is 0 Å². The predicted octanol–water partition coefficient (Wildman–Crippen LogP) is 3.72. The van der Waals surface area contributed by atoms with Crippen LogP contribution >= 0.6 is 0 Å². The van der Waals surface area contributed by atoms with Gasteiger partial charge in [0.05, 0.1) is 0 Å². The van der Waals surface area contributed by atoms with E-state index >= 15 is 0 Å². The van der Waals surface area contributed by atoms with E-state index in [1.807, 2.05) is 32.0 Å². The highest BCUT2D eigenvalue weighted by atomic mass is 16.6. The fraction of sp³-hybridized carbons (Fsp3) is 0.235. The lowest BCUT2D eigenvalue weighted by atomic mass is 10.0. The third-order valence-corrected chi connectivity index (χ3v) is 2.84. The second-order valence-electron chi connectivity index (χ2n) is 4.05. The molecule has 3 rings (SSSR count). The van der Waals surface area contributed by atoms with Crippen LogP contribution in [0.25, 0.3) is 0 Å².